The monoisotopic (exact) mass is 449 g/mol. The lowest BCUT2D eigenvalue weighted by atomic mass is 9.78. The van der Waals surface area contributed by atoms with Gasteiger partial charge in [0.25, 0.3) is 0 Å². The minimum absolute atomic E-state index is 0.115. The standard InChI is InChI=1S/C23H20FN5O2S/c1-13-6-17(18(24)14(2)26-13)20-19(16-5-3-4-15(7-16)8-25)27-21(32-20)28-22(30)29-9-23(10-29)11-31-12-23/h3-7H,9-12H2,1-2H3,(H,27,28,30). The van der Waals surface area contributed by atoms with Crippen molar-refractivity contribution in [3.05, 3.63) is 53.1 Å². The summed E-state index contributed by atoms with van der Waals surface area (Å²) in [5.41, 5.74) is 3.13. The van der Waals surface area contributed by atoms with E-state index < -0.39 is 5.82 Å². The molecule has 32 heavy (non-hydrogen) atoms. The third-order valence-electron chi connectivity index (χ3n) is 5.76. The SMILES string of the molecule is Cc1cc(-c2sc(NC(=O)N3CC4(COC4)C3)nc2-c2cccc(C#N)c2)c(F)c(C)n1. The van der Waals surface area contributed by atoms with E-state index >= 15 is 4.39 Å². The highest BCUT2D eigenvalue weighted by atomic mass is 32.1. The smallest absolute Gasteiger partial charge is 0.323 e. The summed E-state index contributed by atoms with van der Waals surface area (Å²) in [5.74, 6) is -0.426. The first-order valence-electron chi connectivity index (χ1n) is 10.2. The maximum Gasteiger partial charge on any atom is 0.323 e. The molecule has 1 N–H and O–H groups in total. The van der Waals surface area contributed by atoms with Gasteiger partial charge in [0.1, 0.15) is 0 Å². The summed E-state index contributed by atoms with van der Waals surface area (Å²) in [6.45, 7) is 6.13. The van der Waals surface area contributed by atoms with Crippen LogP contribution in [0.1, 0.15) is 17.0 Å². The van der Waals surface area contributed by atoms with Gasteiger partial charge >= 0.3 is 6.03 Å². The second-order valence-corrected chi connectivity index (χ2v) is 9.38. The highest BCUT2D eigenvalue weighted by Gasteiger charge is 2.50. The summed E-state index contributed by atoms with van der Waals surface area (Å²) in [6.07, 6.45) is 0. The van der Waals surface area contributed by atoms with Crippen molar-refractivity contribution in [3.63, 3.8) is 0 Å². The number of urea groups is 1. The molecule has 2 aromatic heterocycles. The van der Waals surface area contributed by atoms with Crippen molar-refractivity contribution in [2.75, 3.05) is 31.6 Å². The Morgan fingerprint density at radius 1 is 1.28 bits per heavy atom. The number of likely N-dealkylation sites (tertiary alicyclic amines) is 1. The number of nitriles is 1. The predicted molar refractivity (Wildman–Crippen MR) is 119 cm³/mol. The lowest BCUT2D eigenvalue weighted by Crippen LogP contribution is -2.67. The molecule has 2 saturated heterocycles. The number of benzene rings is 1. The molecule has 0 saturated carbocycles. The average Bonchev–Trinajstić information content (AvgIpc) is 3.12. The molecule has 9 heteroatoms. The third kappa shape index (κ3) is 3.51. The fraction of sp³-hybridized carbons (Fsp3) is 0.304. The number of thiazole rings is 1. The van der Waals surface area contributed by atoms with E-state index in [1.165, 1.54) is 11.3 Å². The Kier molecular flexibility index (Phi) is 4.92. The molecule has 0 atom stereocenters. The summed E-state index contributed by atoms with van der Waals surface area (Å²) in [6, 6.07) is 10.5. The van der Waals surface area contributed by atoms with E-state index in [1.807, 2.05) is 6.07 Å². The van der Waals surface area contributed by atoms with Crippen molar-refractivity contribution >= 4 is 22.5 Å². The van der Waals surface area contributed by atoms with Crippen LogP contribution in [0.3, 0.4) is 0 Å². The normalized spacial score (nSPS) is 16.2. The molecule has 4 heterocycles. The van der Waals surface area contributed by atoms with Crippen molar-refractivity contribution < 1.29 is 13.9 Å². The molecule has 0 aliphatic carbocycles. The quantitative estimate of drug-likeness (QED) is 0.641. The number of hydrogen-bond acceptors (Lipinski definition) is 6. The molecule has 0 bridgehead atoms. The van der Waals surface area contributed by atoms with Gasteiger partial charge in [0.05, 0.1) is 46.5 Å². The van der Waals surface area contributed by atoms with Gasteiger partial charge in [-0.3, -0.25) is 10.3 Å². The number of carbonyl (C=O) groups is 1. The van der Waals surface area contributed by atoms with Gasteiger partial charge in [-0.15, -0.1) is 0 Å². The second-order valence-electron chi connectivity index (χ2n) is 8.38. The molecule has 2 amide bonds. The Morgan fingerprint density at radius 2 is 2.06 bits per heavy atom. The first-order valence-corrected chi connectivity index (χ1v) is 11.0. The van der Waals surface area contributed by atoms with Crippen molar-refractivity contribution in [3.8, 4) is 27.8 Å². The number of ether oxygens (including phenoxy) is 1. The molecule has 2 aliphatic heterocycles. The maximum absolute atomic E-state index is 15.1. The molecule has 0 radical (unpaired) electrons. The molecular formula is C23H20FN5O2S. The molecular weight excluding hydrogens is 429 g/mol. The van der Waals surface area contributed by atoms with Gasteiger partial charge in [0.15, 0.2) is 10.9 Å². The van der Waals surface area contributed by atoms with Crippen LogP contribution in [0.2, 0.25) is 0 Å². The number of carbonyl (C=O) groups excluding carboxylic acids is 1. The van der Waals surface area contributed by atoms with Gasteiger partial charge < -0.3 is 9.64 Å². The summed E-state index contributed by atoms with van der Waals surface area (Å²) in [7, 11) is 0. The first-order chi connectivity index (χ1) is 15.4. The van der Waals surface area contributed by atoms with Crippen LogP contribution in [-0.4, -0.2) is 47.2 Å². The van der Waals surface area contributed by atoms with Crippen molar-refractivity contribution in [1.29, 1.82) is 5.26 Å². The van der Waals surface area contributed by atoms with E-state index in [0.717, 1.165) is 0 Å². The zero-order chi connectivity index (χ0) is 22.5. The Morgan fingerprint density at radius 3 is 2.75 bits per heavy atom. The van der Waals surface area contributed by atoms with Crippen LogP contribution < -0.4 is 5.32 Å². The van der Waals surface area contributed by atoms with Crippen LogP contribution in [-0.2, 0) is 4.74 Å². The summed E-state index contributed by atoms with van der Waals surface area (Å²) >= 11 is 1.21. The van der Waals surface area contributed by atoms with E-state index in [0.29, 0.717) is 70.1 Å². The minimum atomic E-state index is -0.426. The zero-order valence-corrected chi connectivity index (χ0v) is 18.4. The maximum atomic E-state index is 15.1. The highest BCUT2D eigenvalue weighted by Crippen LogP contribution is 2.42. The molecule has 0 unspecified atom stereocenters. The van der Waals surface area contributed by atoms with Crippen LogP contribution >= 0.6 is 11.3 Å². The van der Waals surface area contributed by atoms with E-state index in [2.05, 4.69) is 21.4 Å². The number of rotatable bonds is 3. The Balaban J connectivity index is 1.52. The van der Waals surface area contributed by atoms with E-state index in [1.54, 1.807) is 43.0 Å². The number of aromatic nitrogens is 2. The molecule has 1 aromatic carbocycles. The molecule has 7 nitrogen and oxygen atoms in total. The minimum Gasteiger partial charge on any atom is -0.380 e. The number of nitrogens with zero attached hydrogens (tertiary/aromatic N) is 4. The summed E-state index contributed by atoms with van der Waals surface area (Å²) < 4.78 is 20.3. The lowest BCUT2D eigenvalue weighted by molar-refractivity contribution is -0.174. The van der Waals surface area contributed by atoms with Gasteiger partial charge in [0.2, 0.25) is 0 Å². The largest absolute Gasteiger partial charge is 0.380 e. The Labute approximate surface area is 188 Å². The Hall–Kier alpha value is -3.35. The number of halogens is 1. The van der Waals surface area contributed by atoms with Crippen LogP contribution in [0.15, 0.2) is 30.3 Å². The predicted octanol–water partition coefficient (Wildman–Crippen LogP) is 4.36. The van der Waals surface area contributed by atoms with Crippen LogP contribution in [0.25, 0.3) is 21.7 Å². The van der Waals surface area contributed by atoms with Gasteiger partial charge in [-0.1, -0.05) is 23.5 Å². The molecule has 162 valence electrons. The van der Waals surface area contributed by atoms with Crippen LogP contribution in [0, 0.1) is 36.4 Å². The Bertz CT molecular complexity index is 1270. The lowest BCUT2D eigenvalue weighted by Gasteiger charge is -2.54. The van der Waals surface area contributed by atoms with Crippen molar-refractivity contribution in [1.82, 2.24) is 14.9 Å². The number of hydrogen-bond donors (Lipinski definition) is 1. The van der Waals surface area contributed by atoms with Gasteiger partial charge in [0, 0.05) is 29.9 Å². The second kappa shape index (κ2) is 7.65. The van der Waals surface area contributed by atoms with Gasteiger partial charge in [-0.2, -0.15) is 5.26 Å². The molecule has 3 aromatic rings. The third-order valence-corrected chi connectivity index (χ3v) is 6.76. The van der Waals surface area contributed by atoms with Gasteiger partial charge in [-0.25, -0.2) is 14.2 Å². The topological polar surface area (TPSA) is 91.1 Å². The average molecular weight is 450 g/mol. The fourth-order valence-corrected chi connectivity index (χ4v) is 5.10. The van der Waals surface area contributed by atoms with Gasteiger partial charge in [-0.05, 0) is 32.0 Å². The number of aryl methyl sites for hydroxylation is 2. The zero-order valence-electron chi connectivity index (χ0n) is 17.6. The van der Waals surface area contributed by atoms with Crippen molar-refractivity contribution in [2.24, 2.45) is 5.41 Å². The van der Waals surface area contributed by atoms with E-state index in [9.17, 15) is 10.1 Å². The molecule has 1 spiro atoms. The van der Waals surface area contributed by atoms with E-state index in [-0.39, 0.29) is 11.4 Å². The van der Waals surface area contributed by atoms with Crippen LogP contribution in [0.4, 0.5) is 14.3 Å². The fourth-order valence-electron chi connectivity index (χ4n) is 4.12. The summed E-state index contributed by atoms with van der Waals surface area (Å²) in [5, 5.41) is 12.5. The number of pyridine rings is 1. The molecule has 2 aliphatic rings. The molecule has 5 rings (SSSR count). The summed E-state index contributed by atoms with van der Waals surface area (Å²) in [4.78, 5) is 23.8. The number of anilines is 1. The van der Waals surface area contributed by atoms with Crippen molar-refractivity contribution in [2.45, 2.75) is 13.8 Å². The first kappa shape index (κ1) is 20.5. The van der Waals surface area contributed by atoms with E-state index in [4.69, 9.17) is 4.74 Å². The number of nitrogens with one attached hydrogen (secondary N) is 1. The molecule has 2 fully saturated rings. The van der Waals surface area contributed by atoms with Crippen LogP contribution in [0.5, 0.6) is 0 Å². The number of amides is 2. The highest BCUT2D eigenvalue weighted by molar-refractivity contribution is 7.19.